The number of carbonyl (C=O) groups excluding carboxylic acids is 2. The van der Waals surface area contributed by atoms with Gasteiger partial charge in [0.05, 0.1) is 0 Å². The van der Waals surface area contributed by atoms with Crippen molar-refractivity contribution in [2.45, 2.75) is 39.7 Å². The SMILES string of the molecule is CCN(CC)C(=O)c1ccc(CNC(=NC)N2CCCC(CC(N)=O)C2)cc1. The lowest BCUT2D eigenvalue weighted by atomic mass is 9.95. The highest BCUT2D eigenvalue weighted by Crippen LogP contribution is 2.19. The zero-order chi connectivity index (χ0) is 20.5. The van der Waals surface area contributed by atoms with E-state index in [9.17, 15) is 9.59 Å². The zero-order valence-corrected chi connectivity index (χ0v) is 17.3. The molecule has 1 fully saturated rings. The van der Waals surface area contributed by atoms with Gasteiger partial charge in [-0.05, 0) is 50.3 Å². The van der Waals surface area contributed by atoms with Gasteiger partial charge in [0.1, 0.15) is 0 Å². The van der Waals surface area contributed by atoms with E-state index in [4.69, 9.17) is 5.73 Å². The number of piperidine rings is 1. The maximum Gasteiger partial charge on any atom is 0.253 e. The Morgan fingerprint density at radius 2 is 1.93 bits per heavy atom. The smallest absolute Gasteiger partial charge is 0.253 e. The van der Waals surface area contributed by atoms with E-state index in [0.29, 0.717) is 31.6 Å². The van der Waals surface area contributed by atoms with E-state index in [2.05, 4.69) is 15.2 Å². The van der Waals surface area contributed by atoms with Crippen LogP contribution in [0.2, 0.25) is 0 Å². The Morgan fingerprint density at radius 3 is 2.50 bits per heavy atom. The largest absolute Gasteiger partial charge is 0.370 e. The van der Waals surface area contributed by atoms with E-state index in [0.717, 1.165) is 37.5 Å². The molecule has 1 atom stereocenters. The second-order valence-electron chi connectivity index (χ2n) is 7.20. The quantitative estimate of drug-likeness (QED) is 0.552. The van der Waals surface area contributed by atoms with E-state index in [1.807, 2.05) is 43.0 Å². The molecule has 3 N–H and O–H groups in total. The number of nitrogens with two attached hydrogens (primary N) is 1. The summed E-state index contributed by atoms with van der Waals surface area (Å²) in [6.45, 7) is 7.73. The monoisotopic (exact) mass is 387 g/mol. The Bertz CT molecular complexity index is 683. The van der Waals surface area contributed by atoms with E-state index in [1.54, 1.807) is 7.05 Å². The van der Waals surface area contributed by atoms with Gasteiger partial charge >= 0.3 is 0 Å². The zero-order valence-electron chi connectivity index (χ0n) is 17.3. The Balaban J connectivity index is 1.93. The van der Waals surface area contributed by atoms with Crippen LogP contribution in [0.15, 0.2) is 29.3 Å². The second kappa shape index (κ2) is 10.7. The third-order valence-corrected chi connectivity index (χ3v) is 5.22. The lowest BCUT2D eigenvalue weighted by Gasteiger charge is -2.34. The van der Waals surface area contributed by atoms with Gasteiger partial charge in [0.25, 0.3) is 5.91 Å². The van der Waals surface area contributed by atoms with Gasteiger partial charge in [-0.25, -0.2) is 0 Å². The Morgan fingerprint density at radius 1 is 1.25 bits per heavy atom. The van der Waals surface area contributed by atoms with Crippen molar-refractivity contribution in [2.24, 2.45) is 16.6 Å². The lowest BCUT2D eigenvalue weighted by Crippen LogP contribution is -2.46. The Labute approximate surface area is 168 Å². The maximum absolute atomic E-state index is 12.4. The van der Waals surface area contributed by atoms with E-state index in [-0.39, 0.29) is 17.7 Å². The number of nitrogens with zero attached hydrogens (tertiary/aromatic N) is 3. The van der Waals surface area contributed by atoms with Gasteiger partial charge in [-0.15, -0.1) is 0 Å². The molecular formula is C21H33N5O2. The number of likely N-dealkylation sites (tertiary alicyclic amines) is 1. The average Bonchev–Trinajstić information content (AvgIpc) is 2.69. The van der Waals surface area contributed by atoms with Crippen molar-refractivity contribution in [3.05, 3.63) is 35.4 Å². The highest BCUT2D eigenvalue weighted by Gasteiger charge is 2.23. The summed E-state index contributed by atoms with van der Waals surface area (Å²) in [5.41, 5.74) is 7.15. The highest BCUT2D eigenvalue weighted by molar-refractivity contribution is 5.94. The van der Waals surface area contributed by atoms with Crippen molar-refractivity contribution in [3.63, 3.8) is 0 Å². The van der Waals surface area contributed by atoms with Crippen LogP contribution < -0.4 is 11.1 Å². The Hall–Kier alpha value is -2.57. The second-order valence-corrected chi connectivity index (χ2v) is 7.20. The number of hydrogen-bond acceptors (Lipinski definition) is 3. The number of guanidine groups is 1. The van der Waals surface area contributed by atoms with Crippen molar-refractivity contribution in [2.75, 3.05) is 33.2 Å². The number of amides is 2. The van der Waals surface area contributed by atoms with Gasteiger partial charge in [0, 0.05) is 51.8 Å². The molecular weight excluding hydrogens is 354 g/mol. The molecule has 1 aliphatic heterocycles. The molecule has 0 bridgehead atoms. The number of nitrogens with one attached hydrogen (secondary N) is 1. The van der Waals surface area contributed by atoms with Gasteiger partial charge in [-0.2, -0.15) is 0 Å². The number of aliphatic imine (C=N–C) groups is 1. The van der Waals surface area contributed by atoms with Gasteiger partial charge in [-0.3, -0.25) is 14.6 Å². The van der Waals surface area contributed by atoms with E-state index >= 15 is 0 Å². The van der Waals surface area contributed by atoms with Crippen LogP contribution in [0.5, 0.6) is 0 Å². The van der Waals surface area contributed by atoms with Crippen molar-refractivity contribution in [1.82, 2.24) is 15.1 Å². The molecule has 1 unspecified atom stereocenters. The number of hydrogen-bond donors (Lipinski definition) is 2. The summed E-state index contributed by atoms with van der Waals surface area (Å²) in [6.07, 6.45) is 2.48. The van der Waals surface area contributed by atoms with Crippen molar-refractivity contribution < 1.29 is 9.59 Å². The predicted octanol–water partition coefficient (Wildman–Crippen LogP) is 1.83. The van der Waals surface area contributed by atoms with Gasteiger partial charge in [0.15, 0.2) is 5.96 Å². The first-order chi connectivity index (χ1) is 13.5. The third-order valence-electron chi connectivity index (χ3n) is 5.22. The molecule has 7 nitrogen and oxygen atoms in total. The molecule has 0 saturated carbocycles. The van der Waals surface area contributed by atoms with E-state index in [1.165, 1.54) is 0 Å². The molecule has 28 heavy (non-hydrogen) atoms. The van der Waals surface area contributed by atoms with E-state index < -0.39 is 0 Å². The molecule has 1 aromatic carbocycles. The molecule has 7 heteroatoms. The number of primary amides is 1. The molecule has 0 radical (unpaired) electrons. The van der Waals surface area contributed by atoms with Crippen LogP contribution in [0.25, 0.3) is 0 Å². The summed E-state index contributed by atoms with van der Waals surface area (Å²) in [5, 5.41) is 3.39. The fourth-order valence-corrected chi connectivity index (χ4v) is 3.68. The van der Waals surface area contributed by atoms with Gasteiger partial charge < -0.3 is 20.9 Å². The molecule has 1 heterocycles. The number of benzene rings is 1. The summed E-state index contributed by atoms with van der Waals surface area (Å²) < 4.78 is 0. The minimum absolute atomic E-state index is 0.0640. The van der Waals surface area contributed by atoms with Crippen LogP contribution in [-0.2, 0) is 11.3 Å². The first kappa shape index (κ1) is 21.7. The average molecular weight is 388 g/mol. The topological polar surface area (TPSA) is 91.0 Å². The molecule has 1 aromatic rings. The number of rotatable bonds is 7. The predicted molar refractivity (Wildman–Crippen MR) is 112 cm³/mol. The highest BCUT2D eigenvalue weighted by atomic mass is 16.2. The van der Waals surface area contributed by atoms with Crippen molar-refractivity contribution >= 4 is 17.8 Å². The van der Waals surface area contributed by atoms with Gasteiger partial charge in [-0.1, -0.05) is 12.1 Å². The molecule has 2 amide bonds. The molecule has 0 aromatic heterocycles. The minimum Gasteiger partial charge on any atom is -0.370 e. The van der Waals surface area contributed by atoms with Crippen molar-refractivity contribution in [1.29, 1.82) is 0 Å². The molecule has 154 valence electrons. The standard InChI is InChI=1S/C21H33N5O2/c1-4-25(5-2)20(28)18-10-8-16(9-11-18)14-24-21(23-3)26-12-6-7-17(15-26)13-19(22)27/h8-11,17H,4-7,12-15H2,1-3H3,(H2,22,27)(H,23,24). The lowest BCUT2D eigenvalue weighted by molar-refractivity contribution is -0.119. The summed E-state index contributed by atoms with van der Waals surface area (Å²) >= 11 is 0. The molecule has 0 spiro atoms. The third kappa shape index (κ3) is 5.97. The minimum atomic E-state index is -0.242. The van der Waals surface area contributed by atoms with Crippen LogP contribution in [-0.4, -0.2) is 60.8 Å². The maximum atomic E-state index is 12.4. The fourth-order valence-electron chi connectivity index (χ4n) is 3.68. The summed E-state index contributed by atoms with van der Waals surface area (Å²) in [5.74, 6) is 0.941. The Kier molecular flexibility index (Phi) is 8.29. The van der Waals surface area contributed by atoms with Gasteiger partial charge in [0.2, 0.25) is 5.91 Å². The van der Waals surface area contributed by atoms with Crippen LogP contribution in [0.4, 0.5) is 0 Å². The first-order valence-corrected chi connectivity index (χ1v) is 10.1. The van der Waals surface area contributed by atoms with Crippen molar-refractivity contribution in [3.8, 4) is 0 Å². The number of carbonyl (C=O) groups is 2. The van der Waals surface area contributed by atoms with Crippen LogP contribution in [0, 0.1) is 5.92 Å². The molecule has 1 saturated heterocycles. The van der Waals surface area contributed by atoms with Crippen LogP contribution >= 0.6 is 0 Å². The van der Waals surface area contributed by atoms with Crippen LogP contribution in [0.3, 0.4) is 0 Å². The first-order valence-electron chi connectivity index (χ1n) is 10.1. The van der Waals surface area contributed by atoms with Crippen LogP contribution in [0.1, 0.15) is 49.0 Å². The molecule has 2 rings (SSSR count). The molecule has 0 aliphatic carbocycles. The summed E-state index contributed by atoms with van der Waals surface area (Å²) in [7, 11) is 1.77. The normalized spacial score (nSPS) is 17.3. The summed E-state index contributed by atoms with van der Waals surface area (Å²) in [4.78, 5) is 32.0. The summed E-state index contributed by atoms with van der Waals surface area (Å²) in [6, 6.07) is 7.71. The molecule has 1 aliphatic rings. The fraction of sp³-hybridized carbons (Fsp3) is 0.571.